The molecule has 22 heavy (non-hydrogen) atoms. The third-order valence-electron chi connectivity index (χ3n) is 6.51. The van der Waals surface area contributed by atoms with Crippen molar-refractivity contribution in [2.24, 2.45) is 16.7 Å². The van der Waals surface area contributed by atoms with E-state index in [-0.39, 0.29) is 35.6 Å². The fourth-order valence-electron chi connectivity index (χ4n) is 4.43. The first kappa shape index (κ1) is 15.5. The quantitative estimate of drug-likeness (QED) is 0.731. The number of amides is 3. The standard InChI is InChI=1S/C17H26N2O3/c1-16(2)12-7-8-17(16,3)15(22)19(14(12)21)11-13(20)18-9-5-4-6-10-18/h12H,4-11H2,1-3H3. The minimum atomic E-state index is -0.520. The maximum Gasteiger partial charge on any atom is 0.242 e. The summed E-state index contributed by atoms with van der Waals surface area (Å²) in [7, 11) is 0. The second kappa shape index (κ2) is 5.07. The Labute approximate surface area is 132 Å². The summed E-state index contributed by atoms with van der Waals surface area (Å²) >= 11 is 0. The lowest BCUT2D eigenvalue weighted by molar-refractivity contribution is -0.170. The van der Waals surface area contributed by atoms with Crippen LogP contribution in [0.25, 0.3) is 0 Å². The van der Waals surface area contributed by atoms with Crippen molar-refractivity contribution in [3.8, 4) is 0 Å². The van der Waals surface area contributed by atoms with Gasteiger partial charge in [-0.25, -0.2) is 0 Å². The number of hydrogen-bond acceptors (Lipinski definition) is 3. The summed E-state index contributed by atoms with van der Waals surface area (Å²) in [4.78, 5) is 41.1. The number of piperidine rings is 2. The lowest BCUT2D eigenvalue weighted by Crippen LogP contribution is -2.61. The summed E-state index contributed by atoms with van der Waals surface area (Å²) in [6.07, 6.45) is 4.67. The number of fused-ring (bicyclic) bond motifs is 2. The molecular formula is C17H26N2O3. The van der Waals surface area contributed by atoms with E-state index in [0.717, 1.165) is 45.2 Å². The average molecular weight is 306 g/mol. The van der Waals surface area contributed by atoms with Crippen LogP contribution in [0.3, 0.4) is 0 Å². The maximum atomic E-state index is 12.9. The molecule has 1 aliphatic carbocycles. The Morgan fingerprint density at radius 3 is 2.41 bits per heavy atom. The third-order valence-corrected chi connectivity index (χ3v) is 6.51. The number of carbonyl (C=O) groups excluding carboxylic acids is 3. The van der Waals surface area contributed by atoms with Crippen LogP contribution >= 0.6 is 0 Å². The van der Waals surface area contributed by atoms with Crippen LogP contribution in [0.4, 0.5) is 0 Å². The number of likely N-dealkylation sites (tertiary alicyclic amines) is 2. The van der Waals surface area contributed by atoms with Gasteiger partial charge in [0.2, 0.25) is 17.7 Å². The molecular weight excluding hydrogens is 280 g/mol. The van der Waals surface area contributed by atoms with Gasteiger partial charge in [0.1, 0.15) is 6.54 Å². The Kier molecular flexibility index (Phi) is 3.57. The predicted molar refractivity (Wildman–Crippen MR) is 81.8 cm³/mol. The zero-order chi connectivity index (χ0) is 16.1. The van der Waals surface area contributed by atoms with E-state index in [0.29, 0.717) is 0 Å². The van der Waals surface area contributed by atoms with Crippen molar-refractivity contribution in [2.45, 2.75) is 52.9 Å². The van der Waals surface area contributed by atoms with Crippen molar-refractivity contribution in [1.29, 1.82) is 0 Å². The Morgan fingerprint density at radius 1 is 1.14 bits per heavy atom. The van der Waals surface area contributed by atoms with Crippen molar-refractivity contribution in [3.63, 3.8) is 0 Å². The molecule has 2 aliphatic heterocycles. The highest BCUT2D eigenvalue weighted by molar-refractivity contribution is 6.06. The normalized spacial score (nSPS) is 34.2. The molecule has 122 valence electrons. The molecule has 0 aromatic carbocycles. The molecule has 2 heterocycles. The summed E-state index contributed by atoms with van der Waals surface area (Å²) in [5.74, 6) is -0.509. The minimum absolute atomic E-state index is 0.0696. The summed E-state index contributed by atoms with van der Waals surface area (Å²) < 4.78 is 0. The highest BCUT2D eigenvalue weighted by Crippen LogP contribution is 2.59. The first-order valence-electron chi connectivity index (χ1n) is 8.42. The van der Waals surface area contributed by atoms with Crippen LogP contribution in [0.1, 0.15) is 52.9 Å². The van der Waals surface area contributed by atoms with Gasteiger partial charge >= 0.3 is 0 Å². The fraction of sp³-hybridized carbons (Fsp3) is 0.824. The van der Waals surface area contributed by atoms with Crippen LogP contribution in [-0.4, -0.2) is 47.2 Å². The summed E-state index contributed by atoms with van der Waals surface area (Å²) in [5, 5.41) is 0. The van der Waals surface area contributed by atoms with E-state index in [9.17, 15) is 14.4 Å². The summed E-state index contributed by atoms with van der Waals surface area (Å²) in [5.41, 5.74) is -0.834. The molecule has 2 atom stereocenters. The van der Waals surface area contributed by atoms with Crippen LogP contribution in [0.2, 0.25) is 0 Å². The Balaban J connectivity index is 1.79. The Morgan fingerprint density at radius 2 is 1.77 bits per heavy atom. The van der Waals surface area contributed by atoms with Gasteiger partial charge < -0.3 is 4.90 Å². The lowest BCUT2D eigenvalue weighted by atomic mass is 9.62. The highest BCUT2D eigenvalue weighted by Gasteiger charge is 2.64. The van der Waals surface area contributed by atoms with Gasteiger partial charge in [-0.1, -0.05) is 20.8 Å². The SMILES string of the molecule is CC12CCC(C(=O)N(CC(=O)N3CCCCC3)C1=O)C2(C)C. The first-order chi connectivity index (χ1) is 10.3. The van der Waals surface area contributed by atoms with Crippen molar-refractivity contribution < 1.29 is 14.4 Å². The highest BCUT2D eigenvalue weighted by atomic mass is 16.2. The van der Waals surface area contributed by atoms with Crippen LogP contribution in [-0.2, 0) is 14.4 Å². The van der Waals surface area contributed by atoms with Crippen molar-refractivity contribution in [2.75, 3.05) is 19.6 Å². The van der Waals surface area contributed by atoms with E-state index in [2.05, 4.69) is 0 Å². The molecule has 5 heteroatoms. The molecule has 3 amide bonds. The van der Waals surface area contributed by atoms with E-state index in [1.54, 1.807) is 4.90 Å². The smallest absolute Gasteiger partial charge is 0.242 e. The predicted octanol–water partition coefficient (Wildman–Crippen LogP) is 1.81. The molecule has 1 saturated carbocycles. The lowest BCUT2D eigenvalue weighted by Gasteiger charge is -2.47. The van der Waals surface area contributed by atoms with E-state index in [4.69, 9.17) is 0 Å². The Hall–Kier alpha value is -1.39. The van der Waals surface area contributed by atoms with E-state index < -0.39 is 5.41 Å². The van der Waals surface area contributed by atoms with Gasteiger partial charge in [0.05, 0.1) is 5.41 Å². The fourth-order valence-corrected chi connectivity index (χ4v) is 4.43. The van der Waals surface area contributed by atoms with Gasteiger partial charge in [-0.15, -0.1) is 0 Å². The molecule has 0 aromatic heterocycles. The molecule has 3 aliphatic rings. The summed E-state index contributed by atoms with van der Waals surface area (Å²) in [6, 6.07) is 0. The molecule has 2 bridgehead atoms. The zero-order valence-electron chi connectivity index (χ0n) is 13.9. The molecule has 3 fully saturated rings. The molecule has 0 radical (unpaired) electrons. The number of rotatable bonds is 2. The third kappa shape index (κ3) is 2.01. The van der Waals surface area contributed by atoms with Gasteiger partial charge in [-0.2, -0.15) is 0 Å². The van der Waals surface area contributed by atoms with Crippen molar-refractivity contribution in [1.82, 2.24) is 9.80 Å². The van der Waals surface area contributed by atoms with Crippen molar-refractivity contribution in [3.05, 3.63) is 0 Å². The zero-order valence-corrected chi connectivity index (χ0v) is 13.9. The first-order valence-corrected chi connectivity index (χ1v) is 8.42. The topological polar surface area (TPSA) is 57.7 Å². The number of carbonyl (C=O) groups is 3. The van der Waals surface area contributed by atoms with Crippen LogP contribution < -0.4 is 0 Å². The van der Waals surface area contributed by atoms with Gasteiger partial charge in [-0.3, -0.25) is 19.3 Å². The second-order valence-corrected chi connectivity index (χ2v) is 7.82. The monoisotopic (exact) mass is 306 g/mol. The van der Waals surface area contributed by atoms with Gasteiger partial charge in [0, 0.05) is 19.0 Å². The van der Waals surface area contributed by atoms with Gasteiger partial charge in [0.15, 0.2) is 0 Å². The van der Waals surface area contributed by atoms with Crippen molar-refractivity contribution >= 4 is 17.7 Å². The number of nitrogens with zero attached hydrogens (tertiary/aromatic N) is 2. The van der Waals surface area contributed by atoms with Crippen LogP contribution in [0.15, 0.2) is 0 Å². The van der Waals surface area contributed by atoms with E-state index in [1.807, 2.05) is 20.8 Å². The average Bonchev–Trinajstić information content (AvgIpc) is 2.69. The largest absolute Gasteiger partial charge is 0.341 e. The van der Waals surface area contributed by atoms with E-state index in [1.165, 1.54) is 4.90 Å². The van der Waals surface area contributed by atoms with Gasteiger partial charge in [0.25, 0.3) is 0 Å². The molecule has 0 N–H and O–H groups in total. The molecule has 2 saturated heterocycles. The molecule has 2 unspecified atom stereocenters. The Bertz CT molecular complexity index is 522. The molecule has 5 nitrogen and oxygen atoms in total. The number of imide groups is 1. The number of hydrogen-bond donors (Lipinski definition) is 0. The maximum absolute atomic E-state index is 12.9. The minimum Gasteiger partial charge on any atom is -0.341 e. The van der Waals surface area contributed by atoms with E-state index >= 15 is 0 Å². The summed E-state index contributed by atoms with van der Waals surface area (Å²) in [6.45, 7) is 7.43. The van der Waals surface area contributed by atoms with Crippen LogP contribution in [0, 0.1) is 16.7 Å². The van der Waals surface area contributed by atoms with Crippen LogP contribution in [0.5, 0.6) is 0 Å². The molecule has 0 spiro atoms. The molecule has 0 aromatic rings. The second-order valence-electron chi connectivity index (χ2n) is 7.82. The molecule has 3 rings (SSSR count). The van der Waals surface area contributed by atoms with Gasteiger partial charge in [-0.05, 0) is 37.5 Å².